The maximum atomic E-state index is 11.0. The SMILES string of the molecule is Cc1cccc2nn(C)c(C(=O)O)c12. The van der Waals surface area contributed by atoms with Crippen molar-refractivity contribution >= 4 is 16.9 Å². The fourth-order valence-electron chi connectivity index (χ4n) is 1.66. The third kappa shape index (κ3) is 1.08. The van der Waals surface area contributed by atoms with E-state index in [4.69, 9.17) is 5.11 Å². The van der Waals surface area contributed by atoms with Gasteiger partial charge in [0.2, 0.25) is 0 Å². The molecule has 4 nitrogen and oxygen atoms in total. The van der Waals surface area contributed by atoms with Crippen molar-refractivity contribution in [2.24, 2.45) is 7.05 Å². The van der Waals surface area contributed by atoms with E-state index in [0.29, 0.717) is 0 Å². The molecule has 0 atom stereocenters. The van der Waals surface area contributed by atoms with E-state index in [-0.39, 0.29) is 5.69 Å². The van der Waals surface area contributed by atoms with E-state index >= 15 is 0 Å². The van der Waals surface area contributed by atoms with Crippen LogP contribution in [0.15, 0.2) is 18.2 Å². The minimum atomic E-state index is -0.940. The van der Waals surface area contributed by atoms with Crippen molar-refractivity contribution in [3.63, 3.8) is 0 Å². The molecule has 1 N–H and O–H groups in total. The lowest BCUT2D eigenvalue weighted by atomic mass is 10.1. The summed E-state index contributed by atoms with van der Waals surface area (Å²) >= 11 is 0. The number of nitrogens with zero attached hydrogens (tertiary/aromatic N) is 2. The number of aromatic carboxylic acids is 1. The van der Waals surface area contributed by atoms with Gasteiger partial charge >= 0.3 is 5.97 Å². The summed E-state index contributed by atoms with van der Waals surface area (Å²) in [6.07, 6.45) is 0. The van der Waals surface area contributed by atoms with Crippen molar-refractivity contribution < 1.29 is 9.90 Å². The summed E-state index contributed by atoms with van der Waals surface area (Å²) in [7, 11) is 1.64. The van der Waals surface area contributed by atoms with Gasteiger partial charge in [-0.3, -0.25) is 4.68 Å². The van der Waals surface area contributed by atoms with Crippen LogP contribution >= 0.6 is 0 Å². The van der Waals surface area contributed by atoms with Crippen LogP contribution in [0.3, 0.4) is 0 Å². The quantitative estimate of drug-likeness (QED) is 0.742. The lowest BCUT2D eigenvalue weighted by Crippen LogP contribution is -2.05. The monoisotopic (exact) mass is 190 g/mol. The number of aryl methyl sites for hydroxylation is 2. The molecule has 1 aromatic heterocycles. The van der Waals surface area contributed by atoms with Gasteiger partial charge in [0.25, 0.3) is 0 Å². The Hall–Kier alpha value is -1.84. The van der Waals surface area contributed by atoms with Crippen molar-refractivity contribution in [1.29, 1.82) is 0 Å². The Morgan fingerprint density at radius 3 is 2.86 bits per heavy atom. The van der Waals surface area contributed by atoms with Gasteiger partial charge in [0, 0.05) is 12.4 Å². The van der Waals surface area contributed by atoms with E-state index in [1.165, 1.54) is 4.68 Å². The average Bonchev–Trinajstić information content (AvgIpc) is 2.42. The predicted octanol–water partition coefficient (Wildman–Crippen LogP) is 1.58. The molecule has 0 radical (unpaired) electrons. The van der Waals surface area contributed by atoms with Crippen LogP contribution in [-0.2, 0) is 7.05 Å². The lowest BCUT2D eigenvalue weighted by Gasteiger charge is -1.97. The Labute approximate surface area is 80.8 Å². The van der Waals surface area contributed by atoms with Crippen molar-refractivity contribution in [1.82, 2.24) is 9.78 Å². The van der Waals surface area contributed by atoms with Crippen LogP contribution < -0.4 is 0 Å². The molecule has 0 aliphatic rings. The Kier molecular flexibility index (Phi) is 1.77. The Bertz CT molecular complexity index is 514. The molecule has 4 heteroatoms. The number of carbonyl (C=O) groups is 1. The molecule has 0 unspecified atom stereocenters. The van der Waals surface area contributed by atoms with Gasteiger partial charge in [-0.25, -0.2) is 4.79 Å². The first-order valence-electron chi connectivity index (χ1n) is 4.27. The van der Waals surface area contributed by atoms with Crippen LogP contribution in [0.1, 0.15) is 16.1 Å². The molecule has 0 bridgehead atoms. The smallest absolute Gasteiger partial charge is 0.354 e. The highest BCUT2D eigenvalue weighted by atomic mass is 16.4. The summed E-state index contributed by atoms with van der Waals surface area (Å²) in [6, 6.07) is 5.57. The first-order valence-corrected chi connectivity index (χ1v) is 4.27. The number of benzene rings is 1. The highest BCUT2D eigenvalue weighted by Gasteiger charge is 2.16. The van der Waals surface area contributed by atoms with Gasteiger partial charge < -0.3 is 5.11 Å². The molecule has 1 aromatic carbocycles. The van der Waals surface area contributed by atoms with Gasteiger partial charge in [-0.05, 0) is 18.6 Å². The van der Waals surface area contributed by atoms with Crippen molar-refractivity contribution in [2.75, 3.05) is 0 Å². The second-order valence-corrected chi connectivity index (χ2v) is 3.25. The number of aromatic nitrogens is 2. The second kappa shape index (κ2) is 2.83. The molecule has 0 aliphatic heterocycles. The maximum Gasteiger partial charge on any atom is 0.354 e. The molecule has 72 valence electrons. The standard InChI is InChI=1S/C10H10N2O2/c1-6-4-3-5-7-8(6)9(10(13)14)12(2)11-7/h3-5H,1-2H3,(H,13,14). The lowest BCUT2D eigenvalue weighted by molar-refractivity contribution is 0.0687. The molecule has 0 amide bonds. The average molecular weight is 190 g/mol. The van der Waals surface area contributed by atoms with E-state index < -0.39 is 5.97 Å². The largest absolute Gasteiger partial charge is 0.477 e. The van der Waals surface area contributed by atoms with E-state index in [2.05, 4.69) is 5.10 Å². The van der Waals surface area contributed by atoms with Crippen LogP contribution in [0.4, 0.5) is 0 Å². The van der Waals surface area contributed by atoms with Crippen molar-refractivity contribution in [3.05, 3.63) is 29.5 Å². The van der Waals surface area contributed by atoms with E-state index in [1.54, 1.807) is 7.05 Å². The second-order valence-electron chi connectivity index (χ2n) is 3.25. The number of carboxylic acids is 1. The van der Waals surface area contributed by atoms with Crippen LogP contribution in [0.25, 0.3) is 10.9 Å². The molecule has 0 fully saturated rings. The predicted molar refractivity (Wildman–Crippen MR) is 52.4 cm³/mol. The first kappa shape index (κ1) is 8.74. The van der Waals surface area contributed by atoms with Crippen molar-refractivity contribution in [3.8, 4) is 0 Å². The third-order valence-electron chi connectivity index (χ3n) is 2.27. The third-order valence-corrected chi connectivity index (χ3v) is 2.27. The topological polar surface area (TPSA) is 55.1 Å². The minimum Gasteiger partial charge on any atom is -0.477 e. The van der Waals surface area contributed by atoms with E-state index in [1.807, 2.05) is 25.1 Å². The highest BCUT2D eigenvalue weighted by molar-refractivity contribution is 6.02. The van der Waals surface area contributed by atoms with Gasteiger partial charge in [-0.15, -0.1) is 0 Å². The fourth-order valence-corrected chi connectivity index (χ4v) is 1.66. The highest BCUT2D eigenvalue weighted by Crippen LogP contribution is 2.21. The molecule has 1 heterocycles. The van der Waals surface area contributed by atoms with Gasteiger partial charge in [-0.1, -0.05) is 12.1 Å². The fraction of sp³-hybridized carbons (Fsp3) is 0.200. The summed E-state index contributed by atoms with van der Waals surface area (Å²) in [5, 5.41) is 13.9. The van der Waals surface area contributed by atoms with Crippen LogP contribution in [0.2, 0.25) is 0 Å². The molecule has 0 spiro atoms. The van der Waals surface area contributed by atoms with Gasteiger partial charge in [0.05, 0.1) is 5.52 Å². The zero-order valence-corrected chi connectivity index (χ0v) is 7.98. The summed E-state index contributed by atoms with van der Waals surface area (Å²) < 4.78 is 1.40. The zero-order valence-electron chi connectivity index (χ0n) is 7.98. The zero-order chi connectivity index (χ0) is 10.3. The number of carboxylic acid groups (broad SMARTS) is 1. The van der Waals surface area contributed by atoms with Gasteiger partial charge in [0.1, 0.15) is 0 Å². The summed E-state index contributed by atoms with van der Waals surface area (Å²) in [5.74, 6) is -0.940. The Morgan fingerprint density at radius 1 is 1.50 bits per heavy atom. The Balaban J connectivity index is 2.93. The number of fused-ring (bicyclic) bond motifs is 1. The molecule has 2 aromatic rings. The molecule has 2 rings (SSSR count). The van der Waals surface area contributed by atoms with E-state index in [0.717, 1.165) is 16.5 Å². The van der Waals surface area contributed by atoms with Gasteiger partial charge in [-0.2, -0.15) is 5.10 Å². The molecular formula is C10H10N2O2. The molecular weight excluding hydrogens is 180 g/mol. The van der Waals surface area contributed by atoms with Crippen LogP contribution in [0.5, 0.6) is 0 Å². The molecule has 0 aliphatic carbocycles. The van der Waals surface area contributed by atoms with Crippen LogP contribution in [-0.4, -0.2) is 20.9 Å². The van der Waals surface area contributed by atoms with E-state index in [9.17, 15) is 4.79 Å². The first-order chi connectivity index (χ1) is 6.61. The maximum absolute atomic E-state index is 11.0. The summed E-state index contributed by atoms with van der Waals surface area (Å²) in [6.45, 7) is 1.89. The minimum absolute atomic E-state index is 0.248. The molecule has 0 saturated heterocycles. The molecule has 14 heavy (non-hydrogen) atoms. The molecule has 0 saturated carbocycles. The van der Waals surface area contributed by atoms with Crippen molar-refractivity contribution in [2.45, 2.75) is 6.92 Å². The van der Waals surface area contributed by atoms with Crippen LogP contribution in [0, 0.1) is 6.92 Å². The number of hydrogen-bond acceptors (Lipinski definition) is 2. The number of hydrogen-bond donors (Lipinski definition) is 1. The Morgan fingerprint density at radius 2 is 2.21 bits per heavy atom. The summed E-state index contributed by atoms with van der Waals surface area (Å²) in [5.41, 5.74) is 1.91. The summed E-state index contributed by atoms with van der Waals surface area (Å²) in [4.78, 5) is 11.0. The normalized spacial score (nSPS) is 10.7. The number of rotatable bonds is 1. The van der Waals surface area contributed by atoms with Gasteiger partial charge in [0.15, 0.2) is 5.69 Å².